The van der Waals surface area contributed by atoms with Gasteiger partial charge in [-0.15, -0.1) is 0 Å². The fraction of sp³-hybridized carbons (Fsp3) is 0.800. The number of ether oxygens (including phenoxy) is 1. The lowest BCUT2D eigenvalue weighted by Gasteiger charge is -2.18. The summed E-state index contributed by atoms with van der Waals surface area (Å²) in [7, 11) is 1.64. The number of nitrogens with one attached hydrogen (secondary N) is 1. The van der Waals surface area contributed by atoms with Crippen LogP contribution in [0, 0.1) is 5.92 Å². The van der Waals surface area contributed by atoms with Crippen molar-refractivity contribution >= 4 is 12.0 Å². The van der Waals surface area contributed by atoms with E-state index < -0.39 is 11.9 Å². The van der Waals surface area contributed by atoms with E-state index in [-0.39, 0.29) is 12.6 Å². The van der Waals surface area contributed by atoms with Gasteiger partial charge in [-0.3, -0.25) is 4.79 Å². The number of carboxylic acids is 1. The number of likely N-dealkylation sites (N-methyl/N-ethyl adjacent to an activating group) is 1. The highest BCUT2D eigenvalue weighted by molar-refractivity contribution is 5.75. The molecule has 0 heterocycles. The van der Waals surface area contributed by atoms with Crippen molar-refractivity contribution < 1.29 is 19.4 Å². The first-order valence-electron chi connectivity index (χ1n) is 5.28. The smallest absolute Gasteiger partial charge is 0.317 e. The third-order valence-corrected chi connectivity index (χ3v) is 2.10. The second kappa shape index (κ2) is 7.92. The molecule has 16 heavy (non-hydrogen) atoms. The van der Waals surface area contributed by atoms with E-state index in [1.165, 1.54) is 4.90 Å². The first kappa shape index (κ1) is 14.7. The maximum atomic E-state index is 11.4. The molecule has 2 N–H and O–H groups in total. The molecule has 1 unspecified atom stereocenters. The highest BCUT2D eigenvalue weighted by Crippen LogP contribution is 1.93. The number of carboxylic acid groups (broad SMARTS) is 1. The van der Waals surface area contributed by atoms with Crippen LogP contribution in [0.5, 0.6) is 0 Å². The number of hydrogen-bond donors (Lipinski definition) is 2. The molecule has 94 valence electrons. The van der Waals surface area contributed by atoms with Crippen LogP contribution in [0.1, 0.15) is 13.8 Å². The number of rotatable bonds is 7. The van der Waals surface area contributed by atoms with Crippen LogP contribution in [0.4, 0.5) is 4.79 Å². The maximum absolute atomic E-state index is 11.4. The summed E-state index contributed by atoms with van der Waals surface area (Å²) in [6.07, 6.45) is 0. The SMILES string of the molecule is CCOCCN(C)C(=O)NCC(C)C(=O)O. The molecule has 0 aliphatic carbocycles. The van der Waals surface area contributed by atoms with Crippen LogP contribution in [0.2, 0.25) is 0 Å². The van der Waals surface area contributed by atoms with Crippen molar-refractivity contribution in [1.29, 1.82) is 0 Å². The van der Waals surface area contributed by atoms with Gasteiger partial charge in [-0.2, -0.15) is 0 Å². The van der Waals surface area contributed by atoms with Gasteiger partial charge < -0.3 is 20.1 Å². The summed E-state index contributed by atoms with van der Waals surface area (Å²) in [6, 6.07) is -0.284. The standard InChI is InChI=1S/C10H20N2O4/c1-4-16-6-5-12(3)10(15)11-7-8(2)9(13)14/h8H,4-7H2,1-3H3,(H,11,15)(H,13,14). The van der Waals surface area contributed by atoms with Gasteiger partial charge in [0, 0.05) is 26.7 Å². The quantitative estimate of drug-likeness (QED) is 0.622. The monoisotopic (exact) mass is 232 g/mol. The van der Waals surface area contributed by atoms with Crippen LogP contribution in [0.3, 0.4) is 0 Å². The molecule has 0 saturated heterocycles. The van der Waals surface area contributed by atoms with Crippen LogP contribution in [-0.2, 0) is 9.53 Å². The van der Waals surface area contributed by atoms with Gasteiger partial charge in [0.25, 0.3) is 0 Å². The molecule has 0 aromatic rings. The van der Waals surface area contributed by atoms with Gasteiger partial charge in [0.05, 0.1) is 12.5 Å². The number of carbonyl (C=O) groups excluding carboxylic acids is 1. The van der Waals surface area contributed by atoms with E-state index in [9.17, 15) is 9.59 Å². The van der Waals surface area contributed by atoms with Crippen molar-refractivity contribution in [3.63, 3.8) is 0 Å². The summed E-state index contributed by atoms with van der Waals surface area (Å²) < 4.78 is 5.10. The summed E-state index contributed by atoms with van der Waals surface area (Å²) in [5, 5.41) is 11.2. The normalized spacial score (nSPS) is 11.9. The van der Waals surface area contributed by atoms with Crippen molar-refractivity contribution in [1.82, 2.24) is 10.2 Å². The molecule has 6 heteroatoms. The van der Waals surface area contributed by atoms with Crippen LogP contribution in [0.25, 0.3) is 0 Å². The van der Waals surface area contributed by atoms with Crippen LogP contribution in [0.15, 0.2) is 0 Å². The Morgan fingerprint density at radius 1 is 1.50 bits per heavy atom. The van der Waals surface area contributed by atoms with E-state index in [1.807, 2.05) is 6.92 Å². The largest absolute Gasteiger partial charge is 0.481 e. The summed E-state index contributed by atoms with van der Waals surface area (Å²) in [5.74, 6) is -1.50. The van der Waals surface area contributed by atoms with E-state index in [4.69, 9.17) is 9.84 Å². The summed E-state index contributed by atoms with van der Waals surface area (Å²) in [5.41, 5.74) is 0. The minimum atomic E-state index is -0.919. The lowest BCUT2D eigenvalue weighted by Crippen LogP contribution is -2.41. The number of urea groups is 1. The Labute approximate surface area is 95.6 Å². The van der Waals surface area contributed by atoms with Gasteiger partial charge in [-0.05, 0) is 6.92 Å². The van der Waals surface area contributed by atoms with Gasteiger partial charge in [-0.25, -0.2) is 4.79 Å². The third kappa shape index (κ3) is 6.23. The first-order chi connectivity index (χ1) is 7.49. The predicted molar refractivity (Wildman–Crippen MR) is 59.3 cm³/mol. The van der Waals surface area contributed by atoms with Gasteiger partial charge in [0.15, 0.2) is 0 Å². The molecular weight excluding hydrogens is 212 g/mol. The Morgan fingerprint density at radius 2 is 2.12 bits per heavy atom. The lowest BCUT2D eigenvalue weighted by atomic mass is 10.2. The van der Waals surface area contributed by atoms with Gasteiger partial charge in [0.1, 0.15) is 0 Å². The number of nitrogens with zero attached hydrogens (tertiary/aromatic N) is 1. The van der Waals surface area contributed by atoms with Gasteiger partial charge in [0.2, 0.25) is 0 Å². The minimum absolute atomic E-state index is 0.132. The van der Waals surface area contributed by atoms with Crippen LogP contribution < -0.4 is 5.32 Å². The molecule has 6 nitrogen and oxygen atoms in total. The molecule has 0 aromatic heterocycles. The van der Waals surface area contributed by atoms with Crippen molar-refractivity contribution in [2.75, 3.05) is 33.4 Å². The number of aliphatic carboxylic acids is 1. The molecule has 0 fully saturated rings. The topological polar surface area (TPSA) is 78.9 Å². The predicted octanol–water partition coefficient (Wildman–Crippen LogP) is 0.385. The minimum Gasteiger partial charge on any atom is -0.481 e. The lowest BCUT2D eigenvalue weighted by molar-refractivity contribution is -0.140. The molecule has 1 atom stereocenters. The second-order valence-electron chi connectivity index (χ2n) is 3.54. The van der Waals surface area contributed by atoms with Crippen molar-refractivity contribution in [3.8, 4) is 0 Å². The zero-order chi connectivity index (χ0) is 12.6. The molecule has 0 saturated carbocycles. The number of hydrogen-bond acceptors (Lipinski definition) is 3. The molecule has 0 bridgehead atoms. The molecule has 0 rings (SSSR count). The summed E-state index contributed by atoms with van der Waals surface area (Å²) in [6.45, 7) is 5.14. The fourth-order valence-electron chi connectivity index (χ4n) is 0.910. The average molecular weight is 232 g/mol. The van der Waals surface area contributed by atoms with E-state index >= 15 is 0 Å². The van der Waals surface area contributed by atoms with Crippen LogP contribution in [-0.4, -0.2) is 55.4 Å². The highest BCUT2D eigenvalue weighted by atomic mass is 16.5. The van der Waals surface area contributed by atoms with Crippen molar-refractivity contribution in [2.45, 2.75) is 13.8 Å². The molecule has 2 amide bonds. The molecule has 0 aliphatic rings. The second-order valence-corrected chi connectivity index (χ2v) is 3.54. The number of amides is 2. The molecule has 0 aliphatic heterocycles. The fourth-order valence-corrected chi connectivity index (χ4v) is 0.910. The molecular formula is C10H20N2O4. The van der Waals surface area contributed by atoms with E-state index in [2.05, 4.69) is 5.32 Å². The molecule has 0 radical (unpaired) electrons. The Bertz CT molecular complexity index is 233. The van der Waals surface area contributed by atoms with Gasteiger partial charge >= 0.3 is 12.0 Å². The Hall–Kier alpha value is -1.30. The van der Waals surface area contributed by atoms with E-state index in [1.54, 1.807) is 14.0 Å². The summed E-state index contributed by atoms with van der Waals surface area (Å²) >= 11 is 0. The van der Waals surface area contributed by atoms with Crippen LogP contribution >= 0.6 is 0 Å². The van der Waals surface area contributed by atoms with Crippen molar-refractivity contribution in [3.05, 3.63) is 0 Å². The van der Waals surface area contributed by atoms with E-state index in [0.29, 0.717) is 19.8 Å². The Morgan fingerprint density at radius 3 is 2.62 bits per heavy atom. The van der Waals surface area contributed by atoms with Crippen molar-refractivity contribution in [2.24, 2.45) is 5.92 Å². The maximum Gasteiger partial charge on any atom is 0.317 e. The van der Waals surface area contributed by atoms with E-state index in [0.717, 1.165) is 0 Å². The first-order valence-corrected chi connectivity index (χ1v) is 5.28. The zero-order valence-corrected chi connectivity index (χ0v) is 10.0. The average Bonchev–Trinajstić information content (AvgIpc) is 2.25. The van der Waals surface area contributed by atoms with Gasteiger partial charge in [-0.1, -0.05) is 6.92 Å². The number of carbonyl (C=O) groups is 2. The Balaban J connectivity index is 3.74. The summed E-state index contributed by atoms with van der Waals surface area (Å²) in [4.78, 5) is 23.4. The molecule has 0 aromatic carbocycles. The third-order valence-electron chi connectivity index (χ3n) is 2.10. The molecule has 0 spiro atoms. The zero-order valence-electron chi connectivity index (χ0n) is 10.0. The Kier molecular flexibility index (Phi) is 7.28. The highest BCUT2D eigenvalue weighted by Gasteiger charge is 2.13.